The van der Waals surface area contributed by atoms with Crippen molar-refractivity contribution in [2.24, 2.45) is 0 Å². The van der Waals surface area contributed by atoms with Crippen molar-refractivity contribution in [3.05, 3.63) is 24.3 Å². The lowest BCUT2D eigenvalue weighted by atomic mass is 10.1. The Hall–Kier alpha value is -1.89. The molecule has 0 fully saturated rings. The summed E-state index contributed by atoms with van der Waals surface area (Å²) in [6.07, 6.45) is 0. The van der Waals surface area contributed by atoms with Crippen LogP contribution in [0.2, 0.25) is 0 Å². The first-order valence-electron chi connectivity index (χ1n) is 5.47. The quantitative estimate of drug-likeness (QED) is 0.377. The lowest BCUT2D eigenvalue weighted by molar-refractivity contribution is 0.460. The zero-order valence-corrected chi connectivity index (χ0v) is 16.2. The maximum atomic E-state index is 11.2. The van der Waals surface area contributed by atoms with E-state index in [0.717, 1.165) is 6.07 Å². The fraction of sp³-hybridized carbons (Fsp3) is 0. The zero-order chi connectivity index (χ0) is 17.8. The van der Waals surface area contributed by atoms with Gasteiger partial charge in [-0.05, 0) is 18.2 Å². The molecular formula is C10H18N4O9S3. The number of benzene rings is 2. The molecule has 0 aliphatic heterocycles. The topological polar surface area (TPSA) is 307 Å². The van der Waals surface area contributed by atoms with Crippen LogP contribution in [0.3, 0.4) is 0 Å². The van der Waals surface area contributed by atoms with Crippen molar-refractivity contribution in [1.82, 2.24) is 18.5 Å². The highest BCUT2D eigenvalue weighted by Gasteiger charge is 2.17. The van der Waals surface area contributed by atoms with Gasteiger partial charge in [-0.15, -0.1) is 0 Å². The van der Waals surface area contributed by atoms with Crippen LogP contribution in [-0.4, -0.2) is 38.9 Å². The molecule has 0 bridgehead atoms. The zero-order valence-electron chi connectivity index (χ0n) is 13.8. The Labute approximate surface area is 149 Å². The molecule has 0 radical (unpaired) electrons. The number of nitrogen functional groups attached to an aromatic ring is 1. The maximum absolute atomic E-state index is 11.2. The molecule has 2 rings (SSSR count). The van der Waals surface area contributed by atoms with Crippen molar-refractivity contribution < 1.29 is 38.9 Å². The first-order valence-corrected chi connectivity index (χ1v) is 9.69. The number of hydrogen-bond acceptors (Lipinski definition) is 10. The summed E-state index contributed by atoms with van der Waals surface area (Å²) >= 11 is 0. The maximum Gasteiger partial charge on any atom is 0.126 e. The molecule has 13 nitrogen and oxygen atoms in total. The highest BCUT2D eigenvalue weighted by Crippen LogP contribution is 2.34. The second kappa shape index (κ2) is 7.78. The standard InChI is InChI=1S/C10H9NO9S3.3H3N/c11-10-7-3-5(21(12,13)14)4-9(23(18,19)20)6(7)1-2-8(10)22(15,16)17;;;/h1-4H,11H2,(H,12,13,14)(H,15,16,17)(H,18,19,20);3*1H3. The van der Waals surface area contributed by atoms with Gasteiger partial charge in [0.05, 0.1) is 20.4 Å². The van der Waals surface area contributed by atoms with Crippen LogP contribution in [0, 0.1) is 0 Å². The number of rotatable bonds is 3. The third-order valence-corrected chi connectivity index (χ3v) is 5.48. The van der Waals surface area contributed by atoms with E-state index in [9.17, 15) is 38.9 Å². The van der Waals surface area contributed by atoms with Crippen LogP contribution in [0.15, 0.2) is 39.0 Å². The van der Waals surface area contributed by atoms with Crippen molar-refractivity contribution in [1.29, 1.82) is 0 Å². The molecule has 0 atom stereocenters. The van der Waals surface area contributed by atoms with E-state index in [2.05, 4.69) is 0 Å². The fourth-order valence-electron chi connectivity index (χ4n) is 1.95. The highest BCUT2D eigenvalue weighted by molar-refractivity contribution is 7.87. The van der Waals surface area contributed by atoms with Gasteiger partial charge in [0.15, 0.2) is 0 Å². The lowest BCUT2D eigenvalue weighted by Gasteiger charge is -2.18. The minimum Gasteiger partial charge on any atom is -0.744 e. The SMILES string of the molecule is Nc1c(S(=O)(=O)[O-])ccc2c(S(=O)(=O)[O-])cc(S(=O)(=O)[O-])cc12.[NH4+].[NH4+].[NH4+]. The van der Waals surface area contributed by atoms with Crippen LogP contribution < -0.4 is 24.2 Å². The molecule has 0 spiro atoms. The van der Waals surface area contributed by atoms with E-state index >= 15 is 0 Å². The van der Waals surface area contributed by atoms with Crippen LogP contribution in [0.4, 0.5) is 5.69 Å². The second-order valence-electron chi connectivity index (χ2n) is 4.36. The monoisotopic (exact) mass is 434 g/mol. The molecule has 14 N–H and O–H groups in total. The molecule has 0 aromatic heterocycles. The summed E-state index contributed by atoms with van der Waals surface area (Å²) in [6.45, 7) is 0. The van der Waals surface area contributed by atoms with E-state index in [1.54, 1.807) is 0 Å². The minimum atomic E-state index is -5.21. The van der Waals surface area contributed by atoms with E-state index in [-0.39, 0.29) is 18.5 Å². The predicted molar refractivity (Wildman–Crippen MR) is 90.2 cm³/mol. The van der Waals surface area contributed by atoms with Gasteiger partial charge in [-0.3, -0.25) is 0 Å². The highest BCUT2D eigenvalue weighted by atomic mass is 32.2. The van der Waals surface area contributed by atoms with Gasteiger partial charge in [-0.1, -0.05) is 6.07 Å². The van der Waals surface area contributed by atoms with Gasteiger partial charge < -0.3 is 37.8 Å². The molecule has 0 amide bonds. The molecule has 2 aromatic rings. The number of quaternary nitrogens is 3. The Morgan fingerprint density at radius 3 is 1.50 bits per heavy atom. The normalized spacial score (nSPS) is 11.8. The Kier molecular flexibility index (Phi) is 7.88. The van der Waals surface area contributed by atoms with Gasteiger partial charge >= 0.3 is 0 Å². The van der Waals surface area contributed by atoms with Crippen molar-refractivity contribution in [2.75, 3.05) is 5.73 Å². The van der Waals surface area contributed by atoms with E-state index in [1.807, 2.05) is 0 Å². The Balaban J connectivity index is 0. The molecule has 2 aromatic carbocycles. The molecule has 150 valence electrons. The smallest absolute Gasteiger partial charge is 0.126 e. The van der Waals surface area contributed by atoms with Gasteiger partial charge in [-0.25, -0.2) is 25.3 Å². The first kappa shape index (κ1) is 26.3. The van der Waals surface area contributed by atoms with Gasteiger partial charge in [0.1, 0.15) is 30.4 Å². The molecule has 0 saturated carbocycles. The number of nitrogens with two attached hydrogens (primary N) is 1. The number of anilines is 1. The van der Waals surface area contributed by atoms with Crippen molar-refractivity contribution in [3.63, 3.8) is 0 Å². The average Bonchev–Trinajstić information content (AvgIpc) is 2.34. The van der Waals surface area contributed by atoms with Crippen molar-refractivity contribution in [3.8, 4) is 0 Å². The summed E-state index contributed by atoms with van der Waals surface area (Å²) in [4.78, 5) is -3.13. The molecule has 16 heteroatoms. The summed E-state index contributed by atoms with van der Waals surface area (Å²) in [5, 5.41) is -0.953. The predicted octanol–water partition coefficient (Wildman–Crippen LogP) is 0.263. The fourth-order valence-corrected chi connectivity index (χ4v) is 3.88. The van der Waals surface area contributed by atoms with Gasteiger partial charge in [0.2, 0.25) is 0 Å². The van der Waals surface area contributed by atoms with Crippen LogP contribution >= 0.6 is 0 Å². The molecule has 0 saturated heterocycles. The minimum absolute atomic E-state index is 0. The van der Waals surface area contributed by atoms with E-state index < -0.39 is 61.5 Å². The number of hydrogen-bond donors (Lipinski definition) is 4. The second-order valence-corrected chi connectivity index (χ2v) is 8.43. The third kappa shape index (κ3) is 4.84. The van der Waals surface area contributed by atoms with E-state index in [1.165, 1.54) is 0 Å². The first-order chi connectivity index (χ1) is 10.2. The average molecular weight is 434 g/mol. The van der Waals surface area contributed by atoms with Gasteiger partial charge in [0, 0.05) is 10.8 Å². The largest absolute Gasteiger partial charge is 0.744 e. The summed E-state index contributed by atoms with van der Waals surface area (Å²) in [7, 11) is -15.4. The molecule has 26 heavy (non-hydrogen) atoms. The Morgan fingerprint density at radius 1 is 0.654 bits per heavy atom. The van der Waals surface area contributed by atoms with Gasteiger partial charge in [0.25, 0.3) is 0 Å². The van der Waals surface area contributed by atoms with Gasteiger partial charge in [-0.2, -0.15) is 0 Å². The van der Waals surface area contributed by atoms with Crippen LogP contribution in [0.25, 0.3) is 10.8 Å². The molecule has 0 aliphatic rings. The lowest BCUT2D eigenvalue weighted by Crippen LogP contribution is -2.08. The Bertz CT molecular complexity index is 1140. The molecule has 0 aliphatic carbocycles. The molecular weight excluding hydrogens is 416 g/mol. The summed E-state index contributed by atoms with van der Waals surface area (Å²) in [5.41, 5.74) is 4.69. The molecule has 0 unspecified atom stereocenters. The van der Waals surface area contributed by atoms with Crippen LogP contribution in [0.5, 0.6) is 0 Å². The van der Waals surface area contributed by atoms with Crippen LogP contribution in [0.1, 0.15) is 0 Å². The van der Waals surface area contributed by atoms with E-state index in [0.29, 0.717) is 18.2 Å². The van der Waals surface area contributed by atoms with Crippen LogP contribution in [-0.2, 0) is 30.4 Å². The van der Waals surface area contributed by atoms with Crippen molar-refractivity contribution >= 4 is 46.8 Å². The van der Waals surface area contributed by atoms with E-state index in [4.69, 9.17) is 5.73 Å². The summed E-state index contributed by atoms with van der Waals surface area (Å²) in [5.74, 6) is 0. The Morgan fingerprint density at radius 2 is 1.12 bits per heavy atom. The summed E-state index contributed by atoms with van der Waals surface area (Å²) < 4.78 is 100. The molecule has 0 heterocycles. The summed E-state index contributed by atoms with van der Waals surface area (Å²) in [6, 6.07) is 2.43. The number of fused-ring (bicyclic) bond motifs is 1. The third-order valence-electron chi connectivity index (χ3n) is 2.90. The van der Waals surface area contributed by atoms with Crippen molar-refractivity contribution in [2.45, 2.75) is 14.7 Å².